The predicted molar refractivity (Wildman–Crippen MR) is 87.7 cm³/mol. The summed E-state index contributed by atoms with van der Waals surface area (Å²) in [6, 6.07) is 8.97. The molecule has 0 atom stereocenters. The minimum atomic E-state index is -0.435. The van der Waals surface area contributed by atoms with E-state index in [1.54, 1.807) is 0 Å². The van der Waals surface area contributed by atoms with Gasteiger partial charge in [0.05, 0.1) is 5.02 Å². The molecular weight excluding hydrogens is 303 g/mol. The molecule has 116 valence electrons. The lowest BCUT2D eigenvalue weighted by Crippen LogP contribution is -2.12. The van der Waals surface area contributed by atoms with Crippen molar-refractivity contribution in [3.05, 3.63) is 52.3 Å². The van der Waals surface area contributed by atoms with E-state index in [0.717, 1.165) is 24.3 Å². The van der Waals surface area contributed by atoms with E-state index >= 15 is 0 Å². The fourth-order valence-electron chi connectivity index (χ4n) is 2.73. The van der Waals surface area contributed by atoms with Crippen molar-refractivity contribution in [2.75, 3.05) is 25.5 Å². The minimum absolute atomic E-state index is 0.0655. The van der Waals surface area contributed by atoms with Crippen LogP contribution in [-0.2, 0) is 13.0 Å². The van der Waals surface area contributed by atoms with Crippen LogP contribution < -0.4 is 15.0 Å². The number of hydrogen-bond acceptors (Lipinski definition) is 3. The molecule has 0 bridgehead atoms. The first-order chi connectivity index (χ1) is 10.6. The predicted octanol–water partition coefficient (Wildman–Crippen LogP) is 3.98. The van der Waals surface area contributed by atoms with Gasteiger partial charge in [0.1, 0.15) is 17.3 Å². The van der Waals surface area contributed by atoms with Crippen LogP contribution >= 0.6 is 11.6 Å². The summed E-state index contributed by atoms with van der Waals surface area (Å²) >= 11 is 5.88. The Morgan fingerprint density at radius 2 is 2.14 bits per heavy atom. The number of anilines is 1. The van der Waals surface area contributed by atoms with Crippen LogP contribution in [0.2, 0.25) is 5.02 Å². The molecule has 1 aliphatic rings. The molecule has 2 aromatic carbocycles. The molecule has 0 radical (unpaired) electrons. The Bertz CT molecular complexity index is 705. The van der Waals surface area contributed by atoms with Gasteiger partial charge in [-0.3, -0.25) is 0 Å². The molecule has 0 spiro atoms. The molecule has 1 N–H and O–H groups in total. The van der Waals surface area contributed by atoms with Crippen LogP contribution in [0.25, 0.3) is 0 Å². The summed E-state index contributed by atoms with van der Waals surface area (Å²) in [6.45, 7) is 1.53. The molecule has 0 amide bonds. The molecule has 0 saturated heterocycles. The zero-order chi connectivity index (χ0) is 15.7. The van der Waals surface area contributed by atoms with Gasteiger partial charge in [0.2, 0.25) is 0 Å². The highest BCUT2D eigenvalue weighted by molar-refractivity contribution is 6.30. The Labute approximate surface area is 134 Å². The highest BCUT2D eigenvalue weighted by atomic mass is 35.5. The van der Waals surface area contributed by atoms with Crippen LogP contribution in [0.4, 0.5) is 10.1 Å². The van der Waals surface area contributed by atoms with E-state index in [9.17, 15) is 4.39 Å². The van der Waals surface area contributed by atoms with E-state index in [2.05, 4.69) is 23.3 Å². The van der Waals surface area contributed by atoms with E-state index in [4.69, 9.17) is 16.3 Å². The summed E-state index contributed by atoms with van der Waals surface area (Å²) in [6.07, 6.45) is 1.01. The van der Waals surface area contributed by atoms with Gasteiger partial charge < -0.3 is 15.0 Å². The third kappa shape index (κ3) is 2.89. The maximum Gasteiger partial charge on any atom is 0.142 e. The molecule has 2 aromatic rings. The Hall–Kier alpha value is -1.78. The number of benzene rings is 2. The van der Waals surface area contributed by atoms with Crippen molar-refractivity contribution in [2.24, 2.45) is 0 Å². The van der Waals surface area contributed by atoms with E-state index in [0.29, 0.717) is 12.3 Å². The molecule has 1 aliphatic heterocycles. The van der Waals surface area contributed by atoms with E-state index in [-0.39, 0.29) is 5.02 Å². The van der Waals surface area contributed by atoms with Crippen LogP contribution in [0.1, 0.15) is 11.1 Å². The first kappa shape index (κ1) is 15.1. The highest BCUT2D eigenvalue weighted by Crippen LogP contribution is 2.34. The van der Waals surface area contributed by atoms with Gasteiger partial charge in [-0.15, -0.1) is 0 Å². The van der Waals surface area contributed by atoms with E-state index in [1.165, 1.54) is 23.4 Å². The second-order valence-corrected chi connectivity index (χ2v) is 5.88. The summed E-state index contributed by atoms with van der Waals surface area (Å²) in [5, 5.41) is 3.07. The van der Waals surface area contributed by atoms with Gasteiger partial charge in [-0.1, -0.05) is 11.6 Å². The molecule has 5 heteroatoms. The monoisotopic (exact) mass is 320 g/mol. The number of hydrogen-bond donors (Lipinski definition) is 1. The lowest BCUT2D eigenvalue weighted by Gasteiger charge is -2.14. The largest absolute Gasteiger partial charge is 0.457 e. The highest BCUT2D eigenvalue weighted by Gasteiger charge is 2.17. The summed E-state index contributed by atoms with van der Waals surface area (Å²) < 4.78 is 19.6. The number of rotatable bonds is 4. The Morgan fingerprint density at radius 3 is 2.91 bits per heavy atom. The van der Waals surface area contributed by atoms with Crippen LogP contribution in [0.15, 0.2) is 30.3 Å². The molecule has 1 heterocycles. The topological polar surface area (TPSA) is 24.5 Å². The Morgan fingerprint density at radius 1 is 1.32 bits per heavy atom. The first-order valence-electron chi connectivity index (χ1n) is 7.23. The van der Waals surface area contributed by atoms with Crippen molar-refractivity contribution in [1.29, 1.82) is 0 Å². The quantitative estimate of drug-likeness (QED) is 0.922. The van der Waals surface area contributed by atoms with Crippen molar-refractivity contribution in [2.45, 2.75) is 13.0 Å². The molecular formula is C17H18ClFN2O. The fourth-order valence-corrected chi connectivity index (χ4v) is 2.88. The third-order valence-electron chi connectivity index (χ3n) is 3.88. The van der Waals surface area contributed by atoms with Gasteiger partial charge in [0.15, 0.2) is 0 Å². The van der Waals surface area contributed by atoms with Gasteiger partial charge in [0.25, 0.3) is 0 Å². The number of nitrogens with zero attached hydrogens (tertiary/aromatic N) is 1. The number of ether oxygens (including phenoxy) is 1. The molecule has 0 aliphatic carbocycles. The standard InChI is InChI=1S/C17H18ClFN2O/c1-20-10-12-8-15(19)14(18)9-17(12)22-13-3-4-16-11(7-13)5-6-21(16)2/h3-4,7-9,20H,5-6,10H2,1-2H3. The normalized spacial score (nSPS) is 13.4. The van der Waals surface area contributed by atoms with Gasteiger partial charge in [-0.25, -0.2) is 4.39 Å². The van der Waals surface area contributed by atoms with E-state index in [1.807, 2.05) is 19.2 Å². The lowest BCUT2D eigenvalue weighted by molar-refractivity contribution is 0.471. The second kappa shape index (κ2) is 6.15. The molecule has 0 fully saturated rings. The average Bonchev–Trinajstić information content (AvgIpc) is 2.85. The number of fused-ring (bicyclic) bond motifs is 1. The average molecular weight is 321 g/mol. The maximum absolute atomic E-state index is 13.6. The molecule has 3 rings (SSSR count). The van der Waals surface area contributed by atoms with Gasteiger partial charge in [-0.2, -0.15) is 0 Å². The fraction of sp³-hybridized carbons (Fsp3) is 0.294. The minimum Gasteiger partial charge on any atom is -0.457 e. The Balaban J connectivity index is 1.91. The smallest absolute Gasteiger partial charge is 0.142 e. The summed E-state index contributed by atoms with van der Waals surface area (Å²) in [5.41, 5.74) is 3.24. The maximum atomic E-state index is 13.6. The lowest BCUT2D eigenvalue weighted by atomic mass is 10.1. The summed E-state index contributed by atoms with van der Waals surface area (Å²) in [7, 11) is 3.89. The summed E-state index contributed by atoms with van der Waals surface area (Å²) in [5.74, 6) is 0.885. The molecule has 0 unspecified atom stereocenters. The number of likely N-dealkylation sites (N-methyl/N-ethyl adjacent to an activating group) is 1. The zero-order valence-electron chi connectivity index (χ0n) is 12.6. The third-order valence-corrected chi connectivity index (χ3v) is 4.17. The van der Waals surface area contributed by atoms with Crippen LogP contribution in [0, 0.1) is 5.82 Å². The van der Waals surface area contributed by atoms with Crippen molar-refractivity contribution in [3.8, 4) is 11.5 Å². The van der Waals surface area contributed by atoms with Gasteiger partial charge in [0, 0.05) is 37.5 Å². The number of halogens is 2. The molecule has 3 nitrogen and oxygen atoms in total. The Kier molecular flexibility index (Phi) is 4.23. The van der Waals surface area contributed by atoms with Crippen LogP contribution in [-0.4, -0.2) is 20.6 Å². The van der Waals surface area contributed by atoms with Gasteiger partial charge in [-0.05, 0) is 43.3 Å². The second-order valence-electron chi connectivity index (χ2n) is 5.47. The van der Waals surface area contributed by atoms with Crippen molar-refractivity contribution in [1.82, 2.24) is 5.32 Å². The molecule has 0 saturated carbocycles. The van der Waals surface area contributed by atoms with Crippen LogP contribution in [0.3, 0.4) is 0 Å². The number of nitrogens with one attached hydrogen (secondary N) is 1. The van der Waals surface area contributed by atoms with Crippen molar-refractivity contribution >= 4 is 17.3 Å². The first-order valence-corrected chi connectivity index (χ1v) is 7.60. The van der Waals surface area contributed by atoms with Crippen molar-refractivity contribution in [3.63, 3.8) is 0 Å². The van der Waals surface area contributed by atoms with Crippen molar-refractivity contribution < 1.29 is 9.13 Å². The molecule has 22 heavy (non-hydrogen) atoms. The van der Waals surface area contributed by atoms with E-state index < -0.39 is 5.82 Å². The zero-order valence-corrected chi connectivity index (χ0v) is 13.4. The SMILES string of the molecule is CNCc1cc(F)c(Cl)cc1Oc1ccc2c(c1)CCN2C. The van der Waals surface area contributed by atoms with Crippen LogP contribution in [0.5, 0.6) is 11.5 Å². The summed E-state index contributed by atoms with van der Waals surface area (Å²) in [4.78, 5) is 2.22. The van der Waals surface area contributed by atoms with Gasteiger partial charge >= 0.3 is 0 Å². The molecule has 0 aromatic heterocycles.